The molecule has 2 rings (SSSR count). The summed E-state index contributed by atoms with van der Waals surface area (Å²) in [5.74, 6) is -2.00. The van der Waals surface area contributed by atoms with Crippen LogP contribution in [0.3, 0.4) is 0 Å². The molecule has 0 spiro atoms. The van der Waals surface area contributed by atoms with Crippen molar-refractivity contribution in [2.75, 3.05) is 19.8 Å². The van der Waals surface area contributed by atoms with E-state index in [1.165, 1.54) is 6.08 Å². The number of imide groups is 1. The molecule has 1 aliphatic heterocycles. The molecule has 1 aliphatic rings. The number of benzene rings is 1. The number of carboxylic acid groups (broad SMARTS) is 1. The molecule has 10 heteroatoms. The molecular formula is C16H14BrNO7S. The Kier molecular flexibility index (Phi) is 6.81. The van der Waals surface area contributed by atoms with Crippen LogP contribution in [-0.4, -0.2) is 52.8 Å². The lowest BCUT2D eigenvalue weighted by Crippen LogP contribution is -2.33. The number of thioether (sulfide) groups is 1. The highest BCUT2D eigenvalue weighted by Gasteiger charge is 2.36. The van der Waals surface area contributed by atoms with Gasteiger partial charge in [0.15, 0.2) is 6.61 Å². The minimum atomic E-state index is -1.26. The Morgan fingerprint density at radius 3 is 2.69 bits per heavy atom. The van der Waals surface area contributed by atoms with Gasteiger partial charge in [-0.05, 0) is 58.4 Å². The van der Waals surface area contributed by atoms with E-state index in [-0.39, 0.29) is 18.1 Å². The molecule has 0 saturated carbocycles. The lowest BCUT2D eigenvalue weighted by molar-refractivity contribution is -0.145. The van der Waals surface area contributed by atoms with Crippen molar-refractivity contribution in [3.05, 3.63) is 33.1 Å². The Bertz CT molecular complexity index is 793. The Morgan fingerprint density at radius 2 is 2.08 bits per heavy atom. The van der Waals surface area contributed by atoms with Crippen molar-refractivity contribution < 1.29 is 33.8 Å². The molecule has 26 heavy (non-hydrogen) atoms. The number of nitrogens with zero attached hydrogens (tertiary/aromatic N) is 1. The maximum absolute atomic E-state index is 12.1. The van der Waals surface area contributed by atoms with Crippen molar-refractivity contribution in [2.24, 2.45) is 0 Å². The molecule has 0 radical (unpaired) electrons. The summed E-state index contributed by atoms with van der Waals surface area (Å²) in [7, 11) is 0. The average Bonchev–Trinajstić information content (AvgIpc) is 2.81. The van der Waals surface area contributed by atoms with Gasteiger partial charge in [-0.1, -0.05) is 6.07 Å². The summed E-state index contributed by atoms with van der Waals surface area (Å²) in [5, 5.41) is 8.12. The lowest BCUT2D eigenvalue weighted by atomic mass is 10.2. The summed E-state index contributed by atoms with van der Waals surface area (Å²) >= 11 is 3.98. The smallest absolute Gasteiger partial charge is 0.344 e. The standard InChI is InChI=1S/C16H14BrNO7S/c1-2-24-14(21)8-25-11-4-3-9(5-10(11)17)6-12-15(22)18(7-13(19)20)16(23)26-12/h3-6H,2,7-8H2,1H3,(H,19,20). The average molecular weight is 444 g/mol. The molecule has 8 nitrogen and oxygen atoms in total. The van der Waals surface area contributed by atoms with Gasteiger partial charge in [-0.2, -0.15) is 0 Å². The molecule has 1 aromatic carbocycles. The van der Waals surface area contributed by atoms with E-state index in [0.717, 1.165) is 0 Å². The van der Waals surface area contributed by atoms with Gasteiger partial charge in [0.25, 0.3) is 11.1 Å². The molecule has 1 heterocycles. The number of halogens is 1. The van der Waals surface area contributed by atoms with Crippen LogP contribution in [0.25, 0.3) is 6.08 Å². The van der Waals surface area contributed by atoms with E-state index in [1.807, 2.05) is 0 Å². The van der Waals surface area contributed by atoms with Crippen LogP contribution in [0.4, 0.5) is 4.79 Å². The second-order valence-electron chi connectivity index (χ2n) is 4.95. The van der Waals surface area contributed by atoms with Gasteiger partial charge in [0.1, 0.15) is 12.3 Å². The number of rotatable bonds is 7. The van der Waals surface area contributed by atoms with Crippen LogP contribution in [0.2, 0.25) is 0 Å². The highest BCUT2D eigenvalue weighted by Crippen LogP contribution is 2.33. The van der Waals surface area contributed by atoms with Gasteiger partial charge in [-0.3, -0.25) is 19.3 Å². The van der Waals surface area contributed by atoms with Gasteiger partial charge in [0.2, 0.25) is 0 Å². The molecule has 0 aromatic heterocycles. The second kappa shape index (κ2) is 8.86. The monoisotopic (exact) mass is 443 g/mol. The molecule has 0 atom stereocenters. The highest BCUT2D eigenvalue weighted by atomic mass is 79.9. The first-order chi connectivity index (χ1) is 12.3. The molecule has 0 bridgehead atoms. The quantitative estimate of drug-likeness (QED) is 0.505. The van der Waals surface area contributed by atoms with Crippen LogP contribution in [-0.2, 0) is 19.1 Å². The van der Waals surface area contributed by atoms with Crippen molar-refractivity contribution in [1.29, 1.82) is 0 Å². The number of ether oxygens (including phenoxy) is 2. The largest absolute Gasteiger partial charge is 0.481 e. The van der Waals surface area contributed by atoms with E-state index in [0.29, 0.717) is 32.4 Å². The van der Waals surface area contributed by atoms with Crippen LogP contribution >= 0.6 is 27.7 Å². The first-order valence-electron chi connectivity index (χ1n) is 7.37. The van der Waals surface area contributed by atoms with Crippen LogP contribution < -0.4 is 4.74 Å². The van der Waals surface area contributed by atoms with Crippen LogP contribution in [0.1, 0.15) is 12.5 Å². The molecule has 0 unspecified atom stereocenters. The normalized spacial score (nSPS) is 15.5. The third kappa shape index (κ3) is 5.09. The molecule has 0 aliphatic carbocycles. The maximum atomic E-state index is 12.1. The number of aliphatic carboxylic acids is 1. The van der Waals surface area contributed by atoms with Gasteiger partial charge in [0, 0.05) is 0 Å². The summed E-state index contributed by atoms with van der Waals surface area (Å²) in [4.78, 5) is 46.7. The summed E-state index contributed by atoms with van der Waals surface area (Å²) in [6.45, 7) is 1.05. The third-order valence-corrected chi connectivity index (χ3v) is 4.60. The number of carbonyl (C=O) groups is 4. The van der Waals surface area contributed by atoms with E-state index in [2.05, 4.69) is 15.9 Å². The summed E-state index contributed by atoms with van der Waals surface area (Å²) in [6.07, 6.45) is 1.48. The summed E-state index contributed by atoms with van der Waals surface area (Å²) < 4.78 is 10.6. The molecule has 1 saturated heterocycles. The van der Waals surface area contributed by atoms with Gasteiger partial charge >= 0.3 is 11.9 Å². The Morgan fingerprint density at radius 1 is 1.35 bits per heavy atom. The number of hydrogen-bond donors (Lipinski definition) is 1. The number of esters is 1. The van der Waals surface area contributed by atoms with Gasteiger partial charge in [0.05, 0.1) is 16.0 Å². The van der Waals surface area contributed by atoms with E-state index < -0.39 is 29.6 Å². The first kappa shape index (κ1) is 20.0. The predicted octanol–water partition coefficient (Wildman–Crippen LogP) is 2.51. The fourth-order valence-electron chi connectivity index (χ4n) is 1.99. The summed E-state index contributed by atoms with van der Waals surface area (Å²) in [6, 6.07) is 4.87. The minimum Gasteiger partial charge on any atom is -0.481 e. The summed E-state index contributed by atoms with van der Waals surface area (Å²) in [5.41, 5.74) is 0.598. The van der Waals surface area contributed by atoms with E-state index in [1.54, 1.807) is 25.1 Å². The SMILES string of the molecule is CCOC(=O)COc1ccc(C=C2SC(=O)N(CC(=O)O)C2=O)cc1Br. The molecule has 1 N–H and O–H groups in total. The second-order valence-corrected chi connectivity index (χ2v) is 6.79. The molecule has 138 valence electrons. The Balaban J connectivity index is 2.10. The minimum absolute atomic E-state index is 0.128. The number of carboxylic acids is 1. The Labute approximate surface area is 161 Å². The van der Waals surface area contributed by atoms with E-state index >= 15 is 0 Å². The number of hydrogen-bond acceptors (Lipinski definition) is 7. The maximum Gasteiger partial charge on any atom is 0.344 e. The van der Waals surface area contributed by atoms with Crippen molar-refractivity contribution in [2.45, 2.75) is 6.92 Å². The topological polar surface area (TPSA) is 110 Å². The van der Waals surface area contributed by atoms with Crippen LogP contribution in [0.15, 0.2) is 27.6 Å². The van der Waals surface area contributed by atoms with Gasteiger partial charge in [-0.25, -0.2) is 4.79 Å². The first-order valence-corrected chi connectivity index (χ1v) is 8.98. The fourth-order valence-corrected chi connectivity index (χ4v) is 3.34. The van der Waals surface area contributed by atoms with Crippen molar-refractivity contribution >= 4 is 56.9 Å². The molecule has 1 fully saturated rings. The van der Waals surface area contributed by atoms with Crippen molar-refractivity contribution in [1.82, 2.24) is 4.90 Å². The number of carbonyl (C=O) groups excluding carboxylic acids is 3. The number of amides is 2. The third-order valence-electron chi connectivity index (χ3n) is 3.07. The van der Waals surface area contributed by atoms with Crippen molar-refractivity contribution in [3.8, 4) is 5.75 Å². The zero-order valence-electron chi connectivity index (χ0n) is 13.6. The van der Waals surface area contributed by atoms with Gasteiger partial charge < -0.3 is 14.6 Å². The predicted molar refractivity (Wildman–Crippen MR) is 96.6 cm³/mol. The van der Waals surface area contributed by atoms with Crippen molar-refractivity contribution in [3.63, 3.8) is 0 Å². The van der Waals surface area contributed by atoms with Crippen LogP contribution in [0.5, 0.6) is 5.75 Å². The van der Waals surface area contributed by atoms with E-state index in [9.17, 15) is 19.2 Å². The highest BCUT2D eigenvalue weighted by molar-refractivity contribution is 9.10. The fraction of sp³-hybridized carbons (Fsp3) is 0.250. The molecule has 2 amide bonds. The van der Waals surface area contributed by atoms with Crippen LogP contribution in [0, 0.1) is 0 Å². The zero-order chi connectivity index (χ0) is 19.3. The van der Waals surface area contributed by atoms with E-state index in [4.69, 9.17) is 14.6 Å². The molecule has 1 aromatic rings. The zero-order valence-corrected chi connectivity index (χ0v) is 16.0. The van der Waals surface area contributed by atoms with Gasteiger partial charge in [-0.15, -0.1) is 0 Å². The Hall–Kier alpha value is -2.33. The lowest BCUT2D eigenvalue weighted by Gasteiger charge is -2.09. The molecular weight excluding hydrogens is 430 g/mol.